The number of carbonyl (C=O) groups is 2. The molecule has 0 heterocycles. The molecule has 0 unspecified atom stereocenters. The SMILES string of the molecule is CN(CCC(=O)Nc1ccc(Br)cc1)CC(=O)O. The summed E-state index contributed by atoms with van der Waals surface area (Å²) < 4.78 is 0.946. The lowest BCUT2D eigenvalue weighted by molar-refractivity contribution is -0.138. The van der Waals surface area contributed by atoms with Gasteiger partial charge >= 0.3 is 5.97 Å². The van der Waals surface area contributed by atoms with Crippen molar-refractivity contribution in [1.29, 1.82) is 0 Å². The molecule has 5 nitrogen and oxygen atoms in total. The molecule has 0 fully saturated rings. The Morgan fingerprint density at radius 1 is 1.33 bits per heavy atom. The maximum Gasteiger partial charge on any atom is 0.317 e. The molecular formula is C12H15BrN2O3. The topological polar surface area (TPSA) is 69.6 Å². The Bertz CT molecular complexity index is 420. The van der Waals surface area contributed by atoms with E-state index in [-0.39, 0.29) is 18.9 Å². The molecule has 1 aromatic carbocycles. The van der Waals surface area contributed by atoms with Gasteiger partial charge in [0, 0.05) is 23.1 Å². The first-order chi connectivity index (χ1) is 8.47. The Morgan fingerprint density at radius 3 is 2.50 bits per heavy atom. The lowest BCUT2D eigenvalue weighted by Gasteiger charge is -2.13. The summed E-state index contributed by atoms with van der Waals surface area (Å²) in [6, 6.07) is 7.27. The summed E-state index contributed by atoms with van der Waals surface area (Å²) in [6.45, 7) is 0.347. The van der Waals surface area contributed by atoms with Crippen LogP contribution in [0.25, 0.3) is 0 Å². The molecule has 0 aliphatic heterocycles. The number of halogens is 1. The van der Waals surface area contributed by atoms with Crippen molar-refractivity contribution in [3.63, 3.8) is 0 Å². The van der Waals surface area contributed by atoms with E-state index in [9.17, 15) is 9.59 Å². The lowest BCUT2D eigenvalue weighted by Crippen LogP contribution is -2.29. The van der Waals surface area contributed by atoms with Crippen LogP contribution in [0, 0.1) is 0 Å². The molecule has 98 valence electrons. The Morgan fingerprint density at radius 2 is 1.94 bits per heavy atom. The molecular weight excluding hydrogens is 300 g/mol. The minimum Gasteiger partial charge on any atom is -0.480 e. The number of hydrogen-bond donors (Lipinski definition) is 2. The number of rotatable bonds is 6. The zero-order valence-electron chi connectivity index (χ0n) is 10.0. The van der Waals surface area contributed by atoms with Crippen molar-refractivity contribution in [2.75, 3.05) is 25.5 Å². The van der Waals surface area contributed by atoms with Crippen molar-refractivity contribution in [3.05, 3.63) is 28.7 Å². The third kappa shape index (κ3) is 5.79. The highest BCUT2D eigenvalue weighted by molar-refractivity contribution is 9.10. The van der Waals surface area contributed by atoms with Gasteiger partial charge < -0.3 is 10.4 Å². The van der Waals surface area contributed by atoms with Gasteiger partial charge in [-0.25, -0.2) is 0 Å². The van der Waals surface area contributed by atoms with Gasteiger partial charge in [-0.3, -0.25) is 14.5 Å². The van der Waals surface area contributed by atoms with Gasteiger partial charge in [-0.2, -0.15) is 0 Å². The number of amides is 1. The average Bonchev–Trinajstić information content (AvgIpc) is 2.29. The van der Waals surface area contributed by atoms with E-state index in [0.29, 0.717) is 6.54 Å². The predicted octanol–water partition coefficient (Wildman–Crippen LogP) is 1.79. The summed E-state index contributed by atoms with van der Waals surface area (Å²) in [7, 11) is 1.67. The number of likely N-dealkylation sites (N-methyl/N-ethyl adjacent to an activating group) is 1. The fourth-order valence-electron chi connectivity index (χ4n) is 1.36. The minimum atomic E-state index is -0.897. The number of benzene rings is 1. The van der Waals surface area contributed by atoms with Crippen LogP contribution in [0.3, 0.4) is 0 Å². The molecule has 0 aliphatic rings. The fourth-order valence-corrected chi connectivity index (χ4v) is 1.62. The van der Waals surface area contributed by atoms with Gasteiger partial charge in [0.2, 0.25) is 5.91 Å². The average molecular weight is 315 g/mol. The van der Waals surface area contributed by atoms with Crippen molar-refractivity contribution >= 4 is 33.5 Å². The van der Waals surface area contributed by atoms with E-state index in [2.05, 4.69) is 21.2 Å². The molecule has 0 aromatic heterocycles. The minimum absolute atomic E-state index is 0.0639. The monoisotopic (exact) mass is 314 g/mol. The molecule has 0 spiro atoms. The number of carboxylic acids is 1. The molecule has 0 atom stereocenters. The molecule has 0 bridgehead atoms. The van der Waals surface area contributed by atoms with E-state index in [4.69, 9.17) is 5.11 Å². The zero-order chi connectivity index (χ0) is 13.5. The molecule has 6 heteroatoms. The fraction of sp³-hybridized carbons (Fsp3) is 0.333. The van der Waals surface area contributed by atoms with Crippen molar-refractivity contribution < 1.29 is 14.7 Å². The second-order valence-electron chi connectivity index (χ2n) is 3.94. The maximum atomic E-state index is 11.6. The smallest absolute Gasteiger partial charge is 0.317 e. The number of nitrogens with one attached hydrogen (secondary N) is 1. The second kappa shape index (κ2) is 7.13. The van der Waals surface area contributed by atoms with Gasteiger partial charge in [0.1, 0.15) is 0 Å². The molecule has 2 N–H and O–H groups in total. The van der Waals surface area contributed by atoms with Crippen molar-refractivity contribution in [2.24, 2.45) is 0 Å². The number of nitrogens with zero attached hydrogens (tertiary/aromatic N) is 1. The molecule has 0 saturated carbocycles. The van der Waals surface area contributed by atoms with Gasteiger partial charge in [-0.1, -0.05) is 15.9 Å². The van der Waals surface area contributed by atoms with E-state index in [1.165, 1.54) is 0 Å². The molecule has 0 aliphatic carbocycles. The standard InChI is InChI=1S/C12H15BrN2O3/c1-15(8-12(17)18)7-6-11(16)14-10-4-2-9(13)3-5-10/h2-5H,6-8H2,1H3,(H,14,16)(H,17,18). The summed E-state index contributed by atoms with van der Waals surface area (Å²) in [5.74, 6) is -1.03. The highest BCUT2D eigenvalue weighted by Crippen LogP contribution is 2.14. The van der Waals surface area contributed by atoms with Gasteiger partial charge in [0.05, 0.1) is 6.54 Å². The summed E-state index contributed by atoms with van der Waals surface area (Å²) >= 11 is 3.31. The van der Waals surface area contributed by atoms with Gasteiger partial charge in [0.15, 0.2) is 0 Å². The van der Waals surface area contributed by atoms with Gasteiger partial charge in [0.25, 0.3) is 0 Å². The summed E-state index contributed by atoms with van der Waals surface area (Å²) in [5.41, 5.74) is 0.726. The zero-order valence-corrected chi connectivity index (χ0v) is 11.6. The highest BCUT2D eigenvalue weighted by atomic mass is 79.9. The quantitative estimate of drug-likeness (QED) is 0.840. The first-order valence-electron chi connectivity index (χ1n) is 5.43. The molecule has 0 saturated heterocycles. The summed E-state index contributed by atoms with van der Waals surface area (Å²) in [6.07, 6.45) is 0.264. The number of carbonyl (C=O) groups excluding carboxylic acids is 1. The van der Waals surface area contributed by atoms with Crippen LogP contribution in [-0.2, 0) is 9.59 Å². The summed E-state index contributed by atoms with van der Waals surface area (Å²) in [5, 5.41) is 11.3. The number of anilines is 1. The van der Waals surface area contributed by atoms with Crippen LogP contribution in [0.2, 0.25) is 0 Å². The molecule has 1 aromatic rings. The number of carboxylic acid groups (broad SMARTS) is 1. The Hall–Kier alpha value is -1.40. The first kappa shape index (κ1) is 14.7. The van der Waals surface area contributed by atoms with Crippen LogP contribution >= 0.6 is 15.9 Å². The van der Waals surface area contributed by atoms with Crippen molar-refractivity contribution in [3.8, 4) is 0 Å². The van der Waals surface area contributed by atoms with E-state index in [1.54, 1.807) is 24.1 Å². The van der Waals surface area contributed by atoms with E-state index in [1.807, 2.05) is 12.1 Å². The maximum absolute atomic E-state index is 11.6. The van der Waals surface area contributed by atoms with E-state index < -0.39 is 5.97 Å². The largest absolute Gasteiger partial charge is 0.480 e. The van der Waals surface area contributed by atoms with Crippen LogP contribution in [0.1, 0.15) is 6.42 Å². The van der Waals surface area contributed by atoms with Gasteiger partial charge in [-0.05, 0) is 31.3 Å². The van der Waals surface area contributed by atoms with Crippen LogP contribution < -0.4 is 5.32 Å². The number of hydrogen-bond acceptors (Lipinski definition) is 3. The third-order valence-electron chi connectivity index (χ3n) is 2.25. The molecule has 0 radical (unpaired) electrons. The third-order valence-corrected chi connectivity index (χ3v) is 2.78. The van der Waals surface area contributed by atoms with E-state index in [0.717, 1.165) is 10.2 Å². The van der Waals surface area contributed by atoms with Crippen molar-refractivity contribution in [2.45, 2.75) is 6.42 Å². The van der Waals surface area contributed by atoms with Crippen LogP contribution in [0.15, 0.2) is 28.7 Å². The normalized spacial score (nSPS) is 10.4. The Labute approximate surface area is 114 Å². The highest BCUT2D eigenvalue weighted by Gasteiger charge is 2.07. The van der Waals surface area contributed by atoms with Crippen LogP contribution in [0.4, 0.5) is 5.69 Å². The molecule has 18 heavy (non-hydrogen) atoms. The van der Waals surface area contributed by atoms with E-state index >= 15 is 0 Å². The van der Waals surface area contributed by atoms with Gasteiger partial charge in [-0.15, -0.1) is 0 Å². The van der Waals surface area contributed by atoms with Crippen LogP contribution in [-0.4, -0.2) is 42.0 Å². The van der Waals surface area contributed by atoms with Crippen LogP contribution in [0.5, 0.6) is 0 Å². The second-order valence-corrected chi connectivity index (χ2v) is 4.85. The lowest BCUT2D eigenvalue weighted by atomic mass is 10.3. The van der Waals surface area contributed by atoms with Crippen molar-refractivity contribution in [1.82, 2.24) is 4.90 Å². The Kier molecular flexibility index (Phi) is 5.80. The Balaban J connectivity index is 2.33. The molecule has 1 rings (SSSR count). The first-order valence-corrected chi connectivity index (χ1v) is 6.22. The summed E-state index contributed by atoms with van der Waals surface area (Å²) in [4.78, 5) is 23.6. The molecule has 1 amide bonds. The predicted molar refractivity (Wildman–Crippen MR) is 72.5 cm³/mol. The number of aliphatic carboxylic acids is 1.